The minimum Gasteiger partial charge on any atom is -0.384 e. The molecule has 0 aromatic rings. The van der Waals surface area contributed by atoms with Gasteiger partial charge in [0.25, 0.3) is 0 Å². The van der Waals surface area contributed by atoms with Gasteiger partial charge in [-0.1, -0.05) is 32.9 Å². The molecule has 0 saturated carbocycles. The molecule has 0 aromatic carbocycles. The summed E-state index contributed by atoms with van der Waals surface area (Å²) in [7, 11) is 3.89. The maximum absolute atomic E-state index is 5.15. The third-order valence-electron chi connectivity index (χ3n) is 2.04. The molecular formula is C11H23NO. The highest BCUT2D eigenvalue weighted by Gasteiger charge is 2.24. The zero-order valence-corrected chi connectivity index (χ0v) is 9.63. The van der Waals surface area contributed by atoms with Crippen LogP contribution >= 0.6 is 0 Å². The van der Waals surface area contributed by atoms with E-state index in [0.29, 0.717) is 0 Å². The fraction of sp³-hybridized carbons (Fsp3) is 0.818. The van der Waals surface area contributed by atoms with Gasteiger partial charge in [-0.05, 0) is 7.05 Å². The molecule has 0 fully saturated rings. The molecule has 0 aliphatic carbocycles. The lowest BCUT2D eigenvalue weighted by atomic mass is 9.88. The van der Waals surface area contributed by atoms with Crippen molar-refractivity contribution in [3.05, 3.63) is 12.2 Å². The van der Waals surface area contributed by atoms with Gasteiger partial charge in [0.15, 0.2) is 0 Å². The standard InChI is InChI=1S/C9H17NO.C2H6/c1-9(8-11-3)5-4-6-10(2)7-9;1-2/h4-5H,6-8H2,1-3H3;1-2H3/t9-;/m0./s1. The first-order valence-corrected chi connectivity index (χ1v) is 5.01. The van der Waals surface area contributed by atoms with Crippen molar-refractivity contribution in [1.29, 1.82) is 0 Å². The first kappa shape index (κ1) is 12.7. The maximum Gasteiger partial charge on any atom is 0.0562 e. The molecule has 0 N–H and O–H groups in total. The van der Waals surface area contributed by atoms with Crippen LogP contribution < -0.4 is 0 Å². The van der Waals surface area contributed by atoms with Crippen molar-refractivity contribution < 1.29 is 4.74 Å². The van der Waals surface area contributed by atoms with Crippen LogP contribution in [-0.2, 0) is 4.74 Å². The molecule has 1 aliphatic heterocycles. The topological polar surface area (TPSA) is 12.5 Å². The van der Waals surface area contributed by atoms with Crippen molar-refractivity contribution >= 4 is 0 Å². The van der Waals surface area contributed by atoms with Crippen molar-refractivity contribution in [3.8, 4) is 0 Å². The molecule has 0 spiro atoms. The largest absolute Gasteiger partial charge is 0.384 e. The normalized spacial score (nSPS) is 28.1. The average molecular weight is 185 g/mol. The summed E-state index contributed by atoms with van der Waals surface area (Å²) in [5, 5.41) is 0. The van der Waals surface area contributed by atoms with E-state index in [4.69, 9.17) is 4.74 Å². The Balaban J connectivity index is 0.000000671. The highest BCUT2D eigenvalue weighted by Crippen LogP contribution is 2.22. The average Bonchev–Trinajstić information content (AvgIpc) is 2.07. The zero-order chi connectivity index (χ0) is 10.3. The lowest BCUT2D eigenvalue weighted by Crippen LogP contribution is -2.38. The second-order valence-corrected chi connectivity index (χ2v) is 3.69. The summed E-state index contributed by atoms with van der Waals surface area (Å²) in [4.78, 5) is 2.30. The SMILES string of the molecule is CC.COC[C@@]1(C)C=CCN(C)C1. The van der Waals surface area contributed by atoms with Gasteiger partial charge >= 0.3 is 0 Å². The fourth-order valence-electron chi connectivity index (χ4n) is 1.67. The lowest BCUT2D eigenvalue weighted by Gasteiger charge is -2.33. The van der Waals surface area contributed by atoms with E-state index in [1.165, 1.54) is 0 Å². The summed E-state index contributed by atoms with van der Waals surface area (Å²) in [5.74, 6) is 0. The van der Waals surface area contributed by atoms with Crippen LogP contribution in [0.15, 0.2) is 12.2 Å². The summed E-state index contributed by atoms with van der Waals surface area (Å²) in [6, 6.07) is 0. The second kappa shape index (κ2) is 6.17. The minimum absolute atomic E-state index is 0.224. The van der Waals surface area contributed by atoms with Gasteiger partial charge in [-0.3, -0.25) is 0 Å². The molecule has 0 radical (unpaired) electrons. The molecule has 2 nitrogen and oxygen atoms in total. The number of hydrogen-bond acceptors (Lipinski definition) is 2. The molecule has 1 aliphatic rings. The molecule has 2 heteroatoms. The summed E-state index contributed by atoms with van der Waals surface area (Å²) >= 11 is 0. The predicted molar refractivity (Wildman–Crippen MR) is 58.0 cm³/mol. The Bertz CT molecular complexity index is 156. The van der Waals surface area contributed by atoms with Crippen molar-refractivity contribution in [1.82, 2.24) is 4.90 Å². The molecular weight excluding hydrogens is 162 g/mol. The summed E-state index contributed by atoms with van der Waals surface area (Å²) in [6.45, 7) is 9.20. The molecule has 13 heavy (non-hydrogen) atoms. The second-order valence-electron chi connectivity index (χ2n) is 3.69. The Morgan fingerprint density at radius 1 is 1.46 bits per heavy atom. The van der Waals surface area contributed by atoms with Gasteiger partial charge in [0.2, 0.25) is 0 Å². The van der Waals surface area contributed by atoms with Crippen LogP contribution in [0.1, 0.15) is 20.8 Å². The third-order valence-corrected chi connectivity index (χ3v) is 2.04. The maximum atomic E-state index is 5.15. The van der Waals surface area contributed by atoms with Crippen LogP contribution in [0.25, 0.3) is 0 Å². The van der Waals surface area contributed by atoms with Crippen molar-refractivity contribution in [3.63, 3.8) is 0 Å². The molecule has 1 atom stereocenters. The van der Waals surface area contributed by atoms with Gasteiger partial charge in [0, 0.05) is 25.6 Å². The Labute approximate surface area is 82.6 Å². The number of rotatable bonds is 2. The molecule has 0 amide bonds. The van der Waals surface area contributed by atoms with E-state index in [2.05, 4.69) is 31.0 Å². The molecule has 78 valence electrons. The Morgan fingerprint density at radius 2 is 2.08 bits per heavy atom. The Hall–Kier alpha value is -0.340. The van der Waals surface area contributed by atoms with Crippen LogP contribution in [-0.4, -0.2) is 38.8 Å². The number of methoxy groups -OCH3 is 1. The molecule has 0 bridgehead atoms. The molecule has 0 unspecified atom stereocenters. The smallest absolute Gasteiger partial charge is 0.0562 e. The monoisotopic (exact) mass is 185 g/mol. The molecule has 0 saturated heterocycles. The van der Waals surface area contributed by atoms with E-state index in [1.54, 1.807) is 7.11 Å². The van der Waals surface area contributed by atoms with E-state index in [-0.39, 0.29) is 5.41 Å². The number of likely N-dealkylation sites (N-methyl/N-ethyl adjacent to an activating group) is 1. The van der Waals surface area contributed by atoms with Gasteiger partial charge in [0.05, 0.1) is 6.61 Å². The third kappa shape index (κ3) is 4.44. The number of ether oxygens (including phenoxy) is 1. The first-order valence-electron chi connectivity index (χ1n) is 5.01. The van der Waals surface area contributed by atoms with Crippen LogP contribution in [0.3, 0.4) is 0 Å². The predicted octanol–water partition coefficient (Wildman–Crippen LogP) is 2.17. The van der Waals surface area contributed by atoms with E-state index < -0.39 is 0 Å². The molecule has 1 rings (SSSR count). The Morgan fingerprint density at radius 3 is 2.54 bits per heavy atom. The van der Waals surface area contributed by atoms with Crippen molar-refractivity contribution in [2.24, 2.45) is 5.41 Å². The first-order chi connectivity index (χ1) is 6.16. The van der Waals surface area contributed by atoms with Crippen molar-refractivity contribution in [2.75, 3.05) is 33.9 Å². The van der Waals surface area contributed by atoms with Gasteiger partial charge in [-0.25, -0.2) is 0 Å². The number of hydrogen-bond donors (Lipinski definition) is 0. The number of nitrogens with zero attached hydrogens (tertiary/aromatic N) is 1. The van der Waals surface area contributed by atoms with E-state index >= 15 is 0 Å². The van der Waals surface area contributed by atoms with Gasteiger partial charge in [0.1, 0.15) is 0 Å². The summed E-state index contributed by atoms with van der Waals surface area (Å²) in [5.41, 5.74) is 0.224. The highest BCUT2D eigenvalue weighted by molar-refractivity contribution is 5.04. The highest BCUT2D eigenvalue weighted by atomic mass is 16.5. The van der Waals surface area contributed by atoms with Crippen LogP contribution in [0.4, 0.5) is 0 Å². The van der Waals surface area contributed by atoms with E-state index in [0.717, 1.165) is 19.7 Å². The van der Waals surface area contributed by atoms with Crippen LogP contribution in [0, 0.1) is 5.41 Å². The van der Waals surface area contributed by atoms with Crippen LogP contribution in [0.2, 0.25) is 0 Å². The molecule has 1 heterocycles. The lowest BCUT2D eigenvalue weighted by molar-refractivity contribution is 0.0927. The summed E-state index contributed by atoms with van der Waals surface area (Å²) < 4.78 is 5.15. The Kier molecular flexibility index (Phi) is 6.00. The van der Waals surface area contributed by atoms with Crippen LogP contribution in [0.5, 0.6) is 0 Å². The molecule has 0 aromatic heterocycles. The zero-order valence-electron chi connectivity index (χ0n) is 9.63. The quantitative estimate of drug-likeness (QED) is 0.611. The fourth-order valence-corrected chi connectivity index (χ4v) is 1.67. The van der Waals surface area contributed by atoms with Gasteiger partial charge in [-0.2, -0.15) is 0 Å². The van der Waals surface area contributed by atoms with Crippen molar-refractivity contribution in [2.45, 2.75) is 20.8 Å². The summed E-state index contributed by atoms with van der Waals surface area (Å²) in [6.07, 6.45) is 4.47. The van der Waals surface area contributed by atoms with E-state index in [1.807, 2.05) is 13.8 Å². The minimum atomic E-state index is 0.224. The van der Waals surface area contributed by atoms with Gasteiger partial charge in [-0.15, -0.1) is 0 Å². The van der Waals surface area contributed by atoms with Gasteiger partial charge < -0.3 is 9.64 Å². The van der Waals surface area contributed by atoms with E-state index in [9.17, 15) is 0 Å².